The molecule has 4 heterocycles. The molecule has 0 saturated carbocycles. The van der Waals surface area contributed by atoms with Gasteiger partial charge in [0.25, 0.3) is 0 Å². The van der Waals surface area contributed by atoms with Crippen LogP contribution in [0.3, 0.4) is 0 Å². The molecular weight excluding hydrogens is 332 g/mol. The maximum atomic E-state index is 4.60. The maximum Gasteiger partial charge on any atom is 0.222 e. The minimum absolute atomic E-state index is 0.194. The van der Waals surface area contributed by atoms with E-state index in [1.54, 1.807) is 11.3 Å². The lowest BCUT2D eigenvalue weighted by molar-refractivity contribution is 0.200. The predicted octanol–water partition coefficient (Wildman–Crippen LogP) is 3.23. The predicted molar refractivity (Wildman–Crippen MR) is 99.7 cm³/mol. The van der Waals surface area contributed by atoms with Gasteiger partial charge in [-0.1, -0.05) is 6.92 Å². The number of aromatic amines is 1. The molecule has 130 valence electrons. The van der Waals surface area contributed by atoms with Crippen molar-refractivity contribution in [3.8, 4) is 0 Å². The van der Waals surface area contributed by atoms with Gasteiger partial charge in [0.1, 0.15) is 0 Å². The molecule has 4 rings (SSSR count). The molecule has 6 nitrogen and oxygen atoms in total. The SMILES string of the molecule is CCCNc1ncc(CN2CCc3[nH]cnc3[C@H]2c2ccsc2)cn1. The first-order chi connectivity index (χ1) is 12.3. The molecule has 0 spiro atoms. The second-order valence-corrected chi connectivity index (χ2v) is 7.07. The Hall–Kier alpha value is -2.25. The van der Waals surface area contributed by atoms with Crippen molar-refractivity contribution in [2.24, 2.45) is 0 Å². The summed E-state index contributed by atoms with van der Waals surface area (Å²) in [6.45, 7) is 4.84. The minimum Gasteiger partial charge on any atom is -0.354 e. The molecule has 0 unspecified atom stereocenters. The molecule has 0 bridgehead atoms. The van der Waals surface area contributed by atoms with Gasteiger partial charge in [0, 0.05) is 49.7 Å². The van der Waals surface area contributed by atoms with Gasteiger partial charge in [0.15, 0.2) is 0 Å². The van der Waals surface area contributed by atoms with Crippen LogP contribution in [0, 0.1) is 0 Å². The molecule has 0 amide bonds. The molecule has 0 saturated heterocycles. The highest BCUT2D eigenvalue weighted by atomic mass is 32.1. The average Bonchev–Trinajstić information content (AvgIpc) is 3.32. The number of anilines is 1. The molecule has 3 aromatic heterocycles. The van der Waals surface area contributed by atoms with Crippen LogP contribution in [0.2, 0.25) is 0 Å². The van der Waals surface area contributed by atoms with Crippen LogP contribution in [0.1, 0.15) is 41.9 Å². The smallest absolute Gasteiger partial charge is 0.222 e. The van der Waals surface area contributed by atoms with Crippen molar-refractivity contribution in [3.63, 3.8) is 0 Å². The number of nitrogens with zero attached hydrogens (tertiary/aromatic N) is 4. The Balaban J connectivity index is 1.55. The quantitative estimate of drug-likeness (QED) is 0.711. The average molecular weight is 354 g/mol. The number of fused-ring (bicyclic) bond motifs is 1. The Kier molecular flexibility index (Phi) is 4.76. The van der Waals surface area contributed by atoms with Crippen LogP contribution < -0.4 is 5.32 Å². The Labute approximate surface area is 151 Å². The summed E-state index contributed by atoms with van der Waals surface area (Å²) in [5.41, 5.74) is 4.83. The van der Waals surface area contributed by atoms with Crippen molar-refractivity contribution in [1.82, 2.24) is 24.8 Å². The molecule has 1 atom stereocenters. The molecule has 0 aliphatic carbocycles. The summed E-state index contributed by atoms with van der Waals surface area (Å²) < 4.78 is 0. The number of hydrogen-bond acceptors (Lipinski definition) is 6. The van der Waals surface area contributed by atoms with Crippen molar-refractivity contribution >= 4 is 17.3 Å². The molecule has 3 aromatic rings. The summed E-state index contributed by atoms with van der Waals surface area (Å²) in [6.07, 6.45) is 7.72. The standard InChI is InChI=1S/C18H22N6S/c1-2-5-19-18-20-8-13(9-21-18)10-24-6-3-15-16(23-12-22-15)17(24)14-4-7-25-11-14/h4,7-9,11-12,17H,2-3,5-6,10H2,1H3,(H,22,23)(H,19,20,21)/t17-/m1/s1. The first kappa shape index (κ1) is 16.2. The van der Waals surface area contributed by atoms with Gasteiger partial charge in [-0.3, -0.25) is 4.90 Å². The molecular formula is C18H22N6S. The molecule has 0 aromatic carbocycles. The molecule has 25 heavy (non-hydrogen) atoms. The zero-order valence-electron chi connectivity index (χ0n) is 14.3. The van der Waals surface area contributed by atoms with Crippen molar-refractivity contribution < 1.29 is 0 Å². The lowest BCUT2D eigenvalue weighted by Gasteiger charge is -2.34. The molecule has 1 aliphatic heterocycles. The van der Waals surface area contributed by atoms with Crippen LogP contribution in [0.4, 0.5) is 5.95 Å². The second-order valence-electron chi connectivity index (χ2n) is 6.29. The minimum atomic E-state index is 0.194. The van der Waals surface area contributed by atoms with Crippen molar-refractivity contribution in [3.05, 3.63) is 58.1 Å². The Morgan fingerprint density at radius 2 is 2.20 bits per heavy atom. The monoisotopic (exact) mass is 354 g/mol. The maximum absolute atomic E-state index is 4.60. The third-order valence-corrected chi connectivity index (χ3v) is 5.21. The van der Waals surface area contributed by atoms with E-state index in [1.807, 2.05) is 18.7 Å². The number of nitrogens with one attached hydrogen (secondary N) is 2. The van der Waals surface area contributed by atoms with Crippen LogP contribution in [-0.4, -0.2) is 37.9 Å². The topological polar surface area (TPSA) is 69.7 Å². The summed E-state index contributed by atoms with van der Waals surface area (Å²) >= 11 is 1.73. The van der Waals surface area contributed by atoms with E-state index in [4.69, 9.17) is 0 Å². The van der Waals surface area contributed by atoms with Crippen LogP contribution in [-0.2, 0) is 13.0 Å². The number of imidazole rings is 1. The lowest BCUT2D eigenvalue weighted by atomic mass is 9.97. The molecule has 0 fully saturated rings. The third kappa shape index (κ3) is 3.43. The van der Waals surface area contributed by atoms with Crippen LogP contribution >= 0.6 is 11.3 Å². The van der Waals surface area contributed by atoms with Gasteiger partial charge in [-0.2, -0.15) is 11.3 Å². The summed E-state index contributed by atoms with van der Waals surface area (Å²) in [5.74, 6) is 0.702. The lowest BCUT2D eigenvalue weighted by Crippen LogP contribution is -2.35. The van der Waals surface area contributed by atoms with Crippen LogP contribution in [0.5, 0.6) is 0 Å². The first-order valence-electron chi connectivity index (χ1n) is 8.68. The van der Waals surface area contributed by atoms with Crippen LogP contribution in [0.25, 0.3) is 0 Å². The number of H-pyrrole nitrogens is 1. The van der Waals surface area contributed by atoms with Gasteiger partial charge in [-0.25, -0.2) is 15.0 Å². The van der Waals surface area contributed by atoms with E-state index in [0.717, 1.165) is 43.7 Å². The fourth-order valence-corrected chi connectivity index (χ4v) is 3.97. The number of thiophene rings is 1. The zero-order chi connectivity index (χ0) is 17.1. The first-order valence-corrected chi connectivity index (χ1v) is 9.62. The Morgan fingerprint density at radius 3 is 2.96 bits per heavy atom. The van der Waals surface area contributed by atoms with E-state index >= 15 is 0 Å². The van der Waals surface area contributed by atoms with Gasteiger partial charge in [-0.15, -0.1) is 0 Å². The fraction of sp³-hybridized carbons (Fsp3) is 0.389. The normalized spacial score (nSPS) is 17.4. The Morgan fingerprint density at radius 1 is 1.32 bits per heavy atom. The van der Waals surface area contributed by atoms with E-state index in [1.165, 1.54) is 11.3 Å². The highest BCUT2D eigenvalue weighted by Gasteiger charge is 2.31. The van der Waals surface area contributed by atoms with E-state index in [-0.39, 0.29) is 6.04 Å². The number of rotatable bonds is 6. The van der Waals surface area contributed by atoms with Crippen molar-refractivity contribution in [2.45, 2.75) is 32.4 Å². The Bertz CT molecular complexity index is 795. The molecule has 0 radical (unpaired) electrons. The number of hydrogen-bond donors (Lipinski definition) is 2. The second kappa shape index (κ2) is 7.33. The molecule has 2 N–H and O–H groups in total. The van der Waals surface area contributed by atoms with Gasteiger partial charge in [-0.05, 0) is 28.8 Å². The summed E-state index contributed by atoms with van der Waals surface area (Å²) in [5, 5.41) is 7.57. The molecule has 1 aliphatic rings. The van der Waals surface area contributed by atoms with E-state index in [0.29, 0.717) is 5.95 Å². The van der Waals surface area contributed by atoms with E-state index < -0.39 is 0 Å². The zero-order valence-corrected chi connectivity index (χ0v) is 15.1. The van der Waals surface area contributed by atoms with Gasteiger partial charge in [0.2, 0.25) is 5.95 Å². The summed E-state index contributed by atoms with van der Waals surface area (Å²) in [4.78, 5) is 19.2. The number of aromatic nitrogens is 4. The van der Waals surface area contributed by atoms with Gasteiger partial charge < -0.3 is 10.3 Å². The van der Waals surface area contributed by atoms with Crippen LogP contribution in [0.15, 0.2) is 35.5 Å². The van der Waals surface area contributed by atoms with Gasteiger partial charge in [0.05, 0.1) is 18.1 Å². The highest BCUT2D eigenvalue weighted by Crippen LogP contribution is 2.35. The van der Waals surface area contributed by atoms with E-state index in [9.17, 15) is 0 Å². The largest absolute Gasteiger partial charge is 0.354 e. The van der Waals surface area contributed by atoms with Crippen molar-refractivity contribution in [1.29, 1.82) is 0 Å². The summed E-state index contributed by atoms with van der Waals surface area (Å²) in [7, 11) is 0. The molecule has 7 heteroatoms. The van der Waals surface area contributed by atoms with E-state index in [2.05, 4.69) is 53.9 Å². The fourth-order valence-electron chi connectivity index (χ4n) is 3.29. The summed E-state index contributed by atoms with van der Waals surface area (Å²) in [6, 6.07) is 2.39. The third-order valence-electron chi connectivity index (χ3n) is 4.51. The van der Waals surface area contributed by atoms with Crippen molar-refractivity contribution in [2.75, 3.05) is 18.4 Å². The highest BCUT2D eigenvalue weighted by molar-refractivity contribution is 7.08. The van der Waals surface area contributed by atoms with Gasteiger partial charge >= 0.3 is 0 Å².